The van der Waals surface area contributed by atoms with Gasteiger partial charge in [0.2, 0.25) is 0 Å². The number of fused-ring (bicyclic) bond motifs is 1. The standard InChI is InChI=1S/C17H14BrN3O4S/c18-12-10-19-21(11-12)15-4-2-1-3-14(15)20-26(22,23)13-5-6-16-17(9-13)25-8-7-24-16/h1-6,9-11,20H,7-8H2. The van der Waals surface area contributed by atoms with E-state index in [0.717, 1.165) is 4.47 Å². The molecular formula is C17H14BrN3O4S. The minimum absolute atomic E-state index is 0.0956. The monoisotopic (exact) mass is 435 g/mol. The summed E-state index contributed by atoms with van der Waals surface area (Å²) in [5.41, 5.74) is 1.03. The molecule has 0 bridgehead atoms. The molecule has 0 aliphatic carbocycles. The Kier molecular flexibility index (Phi) is 4.33. The van der Waals surface area contributed by atoms with Gasteiger partial charge in [0.15, 0.2) is 11.5 Å². The van der Waals surface area contributed by atoms with Crippen LogP contribution < -0.4 is 14.2 Å². The Labute approximate surface area is 158 Å². The highest BCUT2D eigenvalue weighted by atomic mass is 79.9. The molecule has 7 nitrogen and oxygen atoms in total. The average molecular weight is 436 g/mol. The number of para-hydroxylation sites is 2. The summed E-state index contributed by atoms with van der Waals surface area (Å²) in [6, 6.07) is 11.6. The van der Waals surface area contributed by atoms with Crippen molar-refractivity contribution in [2.45, 2.75) is 4.90 Å². The summed E-state index contributed by atoms with van der Waals surface area (Å²) >= 11 is 3.34. The summed E-state index contributed by atoms with van der Waals surface area (Å²) in [6.07, 6.45) is 3.38. The minimum atomic E-state index is -3.81. The molecule has 26 heavy (non-hydrogen) atoms. The van der Waals surface area contributed by atoms with Gasteiger partial charge in [0.1, 0.15) is 13.2 Å². The molecule has 0 spiro atoms. The second kappa shape index (κ2) is 6.65. The summed E-state index contributed by atoms with van der Waals surface area (Å²) < 4.78 is 41.6. The van der Waals surface area contributed by atoms with Gasteiger partial charge < -0.3 is 9.47 Å². The molecule has 0 amide bonds. The van der Waals surface area contributed by atoms with Gasteiger partial charge in [0.05, 0.1) is 26.9 Å². The van der Waals surface area contributed by atoms with Gasteiger partial charge >= 0.3 is 0 Å². The lowest BCUT2D eigenvalue weighted by Crippen LogP contribution is -2.18. The molecule has 2 heterocycles. The van der Waals surface area contributed by atoms with E-state index in [-0.39, 0.29) is 4.90 Å². The van der Waals surface area contributed by atoms with Crippen molar-refractivity contribution < 1.29 is 17.9 Å². The molecule has 4 rings (SSSR count). The molecule has 9 heteroatoms. The Morgan fingerprint density at radius 1 is 1.08 bits per heavy atom. The van der Waals surface area contributed by atoms with Crippen LogP contribution in [0.5, 0.6) is 11.5 Å². The van der Waals surface area contributed by atoms with E-state index in [1.54, 1.807) is 41.3 Å². The highest BCUT2D eigenvalue weighted by Gasteiger charge is 2.21. The van der Waals surface area contributed by atoms with Gasteiger partial charge in [-0.3, -0.25) is 4.72 Å². The molecular weight excluding hydrogens is 422 g/mol. The first-order chi connectivity index (χ1) is 12.5. The minimum Gasteiger partial charge on any atom is -0.486 e. The summed E-state index contributed by atoms with van der Waals surface area (Å²) in [7, 11) is -3.81. The van der Waals surface area contributed by atoms with Gasteiger partial charge in [-0.25, -0.2) is 13.1 Å². The summed E-state index contributed by atoms with van der Waals surface area (Å²) in [5, 5.41) is 4.21. The third kappa shape index (κ3) is 3.27. The van der Waals surface area contributed by atoms with Crippen molar-refractivity contribution in [2.24, 2.45) is 0 Å². The van der Waals surface area contributed by atoms with Crippen LogP contribution in [0.25, 0.3) is 5.69 Å². The van der Waals surface area contributed by atoms with Gasteiger partial charge in [-0.05, 0) is 40.2 Å². The maximum absolute atomic E-state index is 12.8. The normalized spacial score (nSPS) is 13.4. The molecule has 0 fully saturated rings. The molecule has 1 N–H and O–H groups in total. The molecule has 1 aliphatic rings. The van der Waals surface area contributed by atoms with Crippen LogP contribution in [0.3, 0.4) is 0 Å². The van der Waals surface area contributed by atoms with Crippen molar-refractivity contribution >= 4 is 31.6 Å². The number of nitrogens with one attached hydrogen (secondary N) is 1. The van der Waals surface area contributed by atoms with Crippen LogP contribution in [0.15, 0.2) is 64.2 Å². The Hall–Kier alpha value is -2.52. The van der Waals surface area contributed by atoms with Crippen molar-refractivity contribution in [1.82, 2.24) is 9.78 Å². The number of rotatable bonds is 4. The van der Waals surface area contributed by atoms with Crippen LogP contribution in [-0.2, 0) is 10.0 Å². The van der Waals surface area contributed by atoms with E-state index in [0.29, 0.717) is 36.1 Å². The number of nitrogens with zero attached hydrogens (tertiary/aromatic N) is 2. The van der Waals surface area contributed by atoms with Gasteiger partial charge in [-0.1, -0.05) is 12.1 Å². The number of ether oxygens (including phenoxy) is 2. The van der Waals surface area contributed by atoms with Gasteiger partial charge in [0, 0.05) is 12.3 Å². The van der Waals surface area contributed by atoms with E-state index in [9.17, 15) is 8.42 Å². The van der Waals surface area contributed by atoms with E-state index in [2.05, 4.69) is 25.8 Å². The zero-order valence-corrected chi connectivity index (χ0v) is 15.8. The van der Waals surface area contributed by atoms with Crippen molar-refractivity contribution in [3.8, 4) is 17.2 Å². The van der Waals surface area contributed by atoms with Gasteiger partial charge in [0.25, 0.3) is 10.0 Å². The predicted molar refractivity (Wildman–Crippen MR) is 99.5 cm³/mol. The molecule has 3 aromatic rings. The van der Waals surface area contributed by atoms with E-state index in [4.69, 9.17) is 9.47 Å². The number of hydrogen-bond acceptors (Lipinski definition) is 5. The van der Waals surface area contributed by atoms with Crippen LogP contribution in [0, 0.1) is 0 Å². The molecule has 0 radical (unpaired) electrons. The predicted octanol–water partition coefficient (Wildman–Crippen LogP) is 3.21. The van der Waals surface area contributed by atoms with Gasteiger partial charge in [-0.15, -0.1) is 0 Å². The SMILES string of the molecule is O=S(=O)(Nc1ccccc1-n1cc(Br)cn1)c1ccc2c(c1)OCCO2. The van der Waals surface area contributed by atoms with Crippen LogP contribution in [0.2, 0.25) is 0 Å². The van der Waals surface area contributed by atoms with E-state index < -0.39 is 10.0 Å². The number of anilines is 1. The molecule has 1 aliphatic heterocycles. The molecule has 2 aromatic carbocycles. The van der Waals surface area contributed by atoms with E-state index >= 15 is 0 Å². The zero-order chi connectivity index (χ0) is 18.1. The van der Waals surface area contributed by atoms with E-state index in [1.165, 1.54) is 12.1 Å². The van der Waals surface area contributed by atoms with Crippen molar-refractivity contribution in [3.63, 3.8) is 0 Å². The van der Waals surface area contributed by atoms with Crippen molar-refractivity contribution in [1.29, 1.82) is 0 Å². The first-order valence-corrected chi connectivity index (χ1v) is 10.0. The van der Waals surface area contributed by atoms with Crippen LogP contribution in [0.1, 0.15) is 0 Å². The zero-order valence-electron chi connectivity index (χ0n) is 13.4. The lowest BCUT2D eigenvalue weighted by atomic mass is 10.3. The Morgan fingerprint density at radius 2 is 1.85 bits per heavy atom. The molecule has 0 saturated heterocycles. The van der Waals surface area contributed by atoms with Gasteiger partial charge in [-0.2, -0.15) is 5.10 Å². The summed E-state index contributed by atoms with van der Waals surface area (Å²) in [6.45, 7) is 0.838. The number of halogens is 1. The number of sulfonamides is 1. The Balaban J connectivity index is 1.69. The summed E-state index contributed by atoms with van der Waals surface area (Å²) in [4.78, 5) is 0.0956. The molecule has 134 valence electrons. The fourth-order valence-corrected chi connectivity index (χ4v) is 3.96. The maximum Gasteiger partial charge on any atom is 0.262 e. The second-order valence-electron chi connectivity index (χ2n) is 5.53. The Morgan fingerprint density at radius 3 is 2.62 bits per heavy atom. The van der Waals surface area contributed by atoms with Crippen molar-refractivity contribution in [3.05, 3.63) is 59.3 Å². The molecule has 0 unspecified atom stereocenters. The fraction of sp³-hybridized carbons (Fsp3) is 0.118. The fourth-order valence-electron chi connectivity index (χ4n) is 2.59. The molecule has 0 saturated carbocycles. The smallest absolute Gasteiger partial charge is 0.262 e. The van der Waals surface area contributed by atoms with Crippen LogP contribution >= 0.6 is 15.9 Å². The van der Waals surface area contributed by atoms with Crippen LogP contribution in [-0.4, -0.2) is 31.4 Å². The molecule has 1 aromatic heterocycles. The highest BCUT2D eigenvalue weighted by Crippen LogP contribution is 2.33. The maximum atomic E-state index is 12.8. The average Bonchev–Trinajstić information content (AvgIpc) is 3.07. The number of hydrogen-bond donors (Lipinski definition) is 1. The number of aromatic nitrogens is 2. The lowest BCUT2D eigenvalue weighted by Gasteiger charge is -2.19. The third-order valence-corrected chi connectivity index (χ3v) is 5.54. The highest BCUT2D eigenvalue weighted by molar-refractivity contribution is 9.10. The second-order valence-corrected chi connectivity index (χ2v) is 8.13. The largest absolute Gasteiger partial charge is 0.486 e. The topological polar surface area (TPSA) is 82.5 Å². The first kappa shape index (κ1) is 16.9. The van der Waals surface area contributed by atoms with Crippen molar-refractivity contribution in [2.75, 3.05) is 17.9 Å². The third-order valence-electron chi connectivity index (χ3n) is 3.77. The lowest BCUT2D eigenvalue weighted by molar-refractivity contribution is 0.171. The van der Waals surface area contributed by atoms with E-state index in [1.807, 2.05) is 6.07 Å². The molecule has 0 atom stereocenters. The van der Waals surface area contributed by atoms with Crippen LogP contribution in [0.4, 0.5) is 5.69 Å². The quantitative estimate of drug-likeness (QED) is 0.680. The summed E-state index contributed by atoms with van der Waals surface area (Å²) in [5.74, 6) is 0.959. The number of benzene rings is 2. The first-order valence-electron chi connectivity index (χ1n) is 7.75. The Bertz CT molecular complexity index is 1070.